The largest absolute Gasteiger partial charge is 0.504 e. The van der Waals surface area contributed by atoms with E-state index in [1.54, 1.807) is 6.07 Å². The fourth-order valence-corrected chi connectivity index (χ4v) is 5.19. The number of aliphatic hydroxyl groups is 2. The van der Waals surface area contributed by atoms with Crippen LogP contribution in [-0.4, -0.2) is 62.4 Å². The van der Waals surface area contributed by atoms with Crippen LogP contribution in [0.5, 0.6) is 11.5 Å². The van der Waals surface area contributed by atoms with E-state index in [0.29, 0.717) is 24.9 Å². The number of hydrogen-bond acceptors (Lipinski definition) is 6. The van der Waals surface area contributed by atoms with E-state index in [2.05, 4.69) is 0 Å². The van der Waals surface area contributed by atoms with Crippen LogP contribution in [0, 0.1) is 0 Å². The van der Waals surface area contributed by atoms with Gasteiger partial charge in [0.25, 0.3) is 0 Å². The molecule has 4 unspecified atom stereocenters. The first kappa shape index (κ1) is 14.9. The second kappa shape index (κ2) is 4.47. The first-order chi connectivity index (χ1) is 10.8. The van der Waals surface area contributed by atoms with Crippen molar-refractivity contribution in [3.63, 3.8) is 0 Å². The van der Waals surface area contributed by atoms with E-state index in [4.69, 9.17) is 0 Å². The van der Waals surface area contributed by atoms with Crippen molar-refractivity contribution in [1.82, 2.24) is 4.90 Å². The molecule has 6 heteroatoms. The second-order valence-electron chi connectivity index (χ2n) is 7.26. The number of benzene rings is 1. The third kappa shape index (κ3) is 1.61. The monoisotopic (exact) mass is 319 g/mol. The van der Waals surface area contributed by atoms with Gasteiger partial charge in [0.2, 0.25) is 0 Å². The SMILES string of the molecule is CN1CCC23CC(=O)CC(O)C2(O)C1Cc1ccc(O)c(O)c13. The number of fused-ring (bicyclic) bond motifs is 1. The number of rotatable bonds is 0. The summed E-state index contributed by atoms with van der Waals surface area (Å²) in [7, 11) is 1.90. The number of carbonyl (C=O) groups is 1. The van der Waals surface area contributed by atoms with E-state index in [-0.39, 0.29) is 36.2 Å². The normalized spacial score (nSPS) is 39.7. The topological polar surface area (TPSA) is 101 Å². The molecule has 2 bridgehead atoms. The Morgan fingerprint density at radius 3 is 2.74 bits per heavy atom. The molecule has 0 radical (unpaired) electrons. The molecule has 1 saturated heterocycles. The first-order valence-electron chi connectivity index (χ1n) is 7.98. The molecule has 0 aromatic heterocycles. The summed E-state index contributed by atoms with van der Waals surface area (Å²) >= 11 is 0. The van der Waals surface area contributed by atoms with Crippen molar-refractivity contribution in [2.45, 2.75) is 48.8 Å². The number of aliphatic hydroxyl groups excluding tert-OH is 1. The Labute approximate surface area is 134 Å². The van der Waals surface area contributed by atoms with Crippen LogP contribution in [0.4, 0.5) is 0 Å². The predicted molar refractivity (Wildman–Crippen MR) is 81.4 cm³/mol. The molecular formula is C17H21NO5. The molecule has 124 valence electrons. The number of ketones is 1. The summed E-state index contributed by atoms with van der Waals surface area (Å²) in [6.07, 6.45) is -0.259. The number of aromatic hydroxyl groups is 2. The number of phenols is 2. The van der Waals surface area contributed by atoms with Gasteiger partial charge in [-0.15, -0.1) is 0 Å². The van der Waals surface area contributed by atoms with Crippen molar-refractivity contribution < 1.29 is 25.2 Å². The van der Waals surface area contributed by atoms with Crippen LogP contribution in [0.25, 0.3) is 0 Å². The van der Waals surface area contributed by atoms with Crippen LogP contribution >= 0.6 is 0 Å². The number of phenolic OH excluding ortho intramolecular Hbond substituents is 2. The molecule has 4 N–H and O–H groups in total. The minimum atomic E-state index is -1.51. The Balaban J connectivity index is 2.05. The maximum atomic E-state index is 12.2. The van der Waals surface area contributed by atoms with Gasteiger partial charge in [0.15, 0.2) is 11.5 Å². The molecule has 6 nitrogen and oxygen atoms in total. The van der Waals surface area contributed by atoms with Crippen LogP contribution in [0.15, 0.2) is 12.1 Å². The number of likely N-dealkylation sites (tertiary alicyclic amines) is 1. The predicted octanol–water partition coefficient (Wildman–Crippen LogP) is 0.0507. The van der Waals surface area contributed by atoms with Crippen LogP contribution < -0.4 is 0 Å². The van der Waals surface area contributed by atoms with Crippen LogP contribution in [0.2, 0.25) is 0 Å². The summed E-state index contributed by atoms with van der Waals surface area (Å²) < 4.78 is 0. The maximum absolute atomic E-state index is 12.2. The zero-order valence-electron chi connectivity index (χ0n) is 13.0. The van der Waals surface area contributed by atoms with E-state index >= 15 is 0 Å². The third-order valence-corrected chi connectivity index (χ3v) is 6.26. The highest BCUT2D eigenvalue weighted by atomic mass is 16.3. The third-order valence-electron chi connectivity index (χ3n) is 6.26. The van der Waals surface area contributed by atoms with Gasteiger partial charge in [0.1, 0.15) is 11.4 Å². The molecule has 1 saturated carbocycles. The maximum Gasteiger partial charge on any atom is 0.161 e. The van der Waals surface area contributed by atoms with Gasteiger partial charge in [-0.1, -0.05) is 6.07 Å². The minimum absolute atomic E-state index is 0.0719. The summed E-state index contributed by atoms with van der Waals surface area (Å²) in [6.45, 7) is 0.654. The number of nitrogens with zero attached hydrogens (tertiary/aromatic N) is 1. The molecule has 1 aromatic carbocycles. The van der Waals surface area contributed by atoms with E-state index in [0.717, 1.165) is 5.56 Å². The summed E-state index contributed by atoms with van der Waals surface area (Å²) in [5.74, 6) is -0.655. The highest BCUT2D eigenvalue weighted by molar-refractivity contribution is 5.84. The molecule has 3 aliphatic rings. The van der Waals surface area contributed by atoms with Gasteiger partial charge in [-0.3, -0.25) is 4.79 Å². The number of carbonyl (C=O) groups excluding carboxylic acids is 1. The minimum Gasteiger partial charge on any atom is -0.504 e. The Morgan fingerprint density at radius 1 is 1.26 bits per heavy atom. The molecule has 0 amide bonds. The smallest absolute Gasteiger partial charge is 0.161 e. The summed E-state index contributed by atoms with van der Waals surface area (Å²) in [4.78, 5) is 14.2. The van der Waals surface area contributed by atoms with Crippen molar-refractivity contribution in [3.8, 4) is 11.5 Å². The van der Waals surface area contributed by atoms with Gasteiger partial charge < -0.3 is 25.3 Å². The van der Waals surface area contributed by atoms with E-state index in [1.165, 1.54) is 6.07 Å². The van der Waals surface area contributed by atoms with Crippen molar-refractivity contribution >= 4 is 5.78 Å². The number of likely N-dealkylation sites (N-methyl/N-ethyl adjacent to an activating group) is 1. The molecule has 1 aliphatic heterocycles. The van der Waals surface area contributed by atoms with Crippen LogP contribution in [0.1, 0.15) is 30.4 Å². The van der Waals surface area contributed by atoms with Crippen LogP contribution in [-0.2, 0) is 16.6 Å². The fourth-order valence-electron chi connectivity index (χ4n) is 5.19. The average Bonchev–Trinajstić information content (AvgIpc) is 2.48. The zero-order valence-corrected chi connectivity index (χ0v) is 13.0. The van der Waals surface area contributed by atoms with Gasteiger partial charge >= 0.3 is 0 Å². The Kier molecular flexibility index (Phi) is 2.90. The van der Waals surface area contributed by atoms with Gasteiger partial charge in [-0.25, -0.2) is 0 Å². The molecule has 4 atom stereocenters. The highest BCUT2D eigenvalue weighted by Crippen LogP contribution is 2.60. The van der Waals surface area contributed by atoms with Gasteiger partial charge in [0, 0.05) is 29.9 Å². The van der Waals surface area contributed by atoms with Gasteiger partial charge in [-0.05, 0) is 38.1 Å². The Bertz CT molecular complexity index is 704. The lowest BCUT2D eigenvalue weighted by atomic mass is 9.48. The van der Waals surface area contributed by atoms with Crippen molar-refractivity contribution in [2.24, 2.45) is 0 Å². The van der Waals surface area contributed by atoms with E-state index in [9.17, 15) is 25.2 Å². The van der Waals surface area contributed by atoms with Crippen molar-refractivity contribution in [2.75, 3.05) is 13.6 Å². The zero-order chi connectivity index (χ0) is 16.6. The molecule has 0 spiro atoms. The molecule has 1 aromatic rings. The molecule has 2 aliphatic carbocycles. The van der Waals surface area contributed by atoms with E-state index in [1.807, 2.05) is 11.9 Å². The fraction of sp³-hybridized carbons (Fsp3) is 0.588. The lowest BCUT2D eigenvalue weighted by Crippen LogP contribution is -2.77. The number of piperidine rings is 1. The first-order valence-corrected chi connectivity index (χ1v) is 7.98. The molecule has 2 fully saturated rings. The summed E-state index contributed by atoms with van der Waals surface area (Å²) in [5, 5.41) is 42.6. The molecule has 4 rings (SSSR count). The summed E-state index contributed by atoms with van der Waals surface area (Å²) in [6, 6.07) is 2.85. The van der Waals surface area contributed by atoms with E-state index < -0.39 is 17.1 Å². The number of hydrogen-bond donors (Lipinski definition) is 4. The lowest BCUT2D eigenvalue weighted by Gasteiger charge is -2.64. The second-order valence-corrected chi connectivity index (χ2v) is 7.26. The summed E-state index contributed by atoms with van der Waals surface area (Å²) in [5.41, 5.74) is -1.29. The molecular weight excluding hydrogens is 298 g/mol. The Morgan fingerprint density at radius 2 is 2.00 bits per heavy atom. The van der Waals surface area contributed by atoms with Gasteiger partial charge in [-0.2, -0.15) is 0 Å². The number of Topliss-reactive ketones (excluding diaryl/α,β-unsaturated/α-hetero) is 1. The lowest BCUT2D eigenvalue weighted by molar-refractivity contribution is -0.213. The van der Waals surface area contributed by atoms with Crippen molar-refractivity contribution in [1.29, 1.82) is 0 Å². The molecule has 1 heterocycles. The van der Waals surface area contributed by atoms with Crippen LogP contribution in [0.3, 0.4) is 0 Å². The standard InChI is InChI=1S/C17H21NO5/c1-18-5-4-16-8-10(19)7-13(21)17(16,23)12(18)6-9-2-3-11(20)15(22)14(9)16/h2-3,12-13,20-23H,4-8H2,1H3. The van der Waals surface area contributed by atoms with Crippen molar-refractivity contribution in [3.05, 3.63) is 23.3 Å². The molecule has 23 heavy (non-hydrogen) atoms. The highest BCUT2D eigenvalue weighted by Gasteiger charge is 2.68. The Hall–Kier alpha value is -1.63. The van der Waals surface area contributed by atoms with Gasteiger partial charge in [0.05, 0.1) is 6.10 Å². The quantitative estimate of drug-likeness (QED) is 0.504. The average molecular weight is 319 g/mol.